The second kappa shape index (κ2) is 7.39. The summed E-state index contributed by atoms with van der Waals surface area (Å²) in [6.07, 6.45) is 2.21. The molecule has 1 spiro atoms. The van der Waals surface area contributed by atoms with Crippen LogP contribution in [0, 0.1) is 11.3 Å². The van der Waals surface area contributed by atoms with Crippen molar-refractivity contribution in [3.05, 3.63) is 34.9 Å². The van der Waals surface area contributed by atoms with E-state index >= 15 is 0 Å². The third kappa shape index (κ3) is 4.17. The Labute approximate surface area is 171 Å². The number of nitrogens with one attached hydrogen (secondary N) is 2. The van der Waals surface area contributed by atoms with Gasteiger partial charge in [-0.05, 0) is 55.2 Å². The number of carbonyl (C=O) groups excluding carboxylic acids is 3. The van der Waals surface area contributed by atoms with Crippen molar-refractivity contribution in [1.82, 2.24) is 15.5 Å². The van der Waals surface area contributed by atoms with Crippen molar-refractivity contribution in [2.45, 2.75) is 58.5 Å². The number of urea groups is 1. The summed E-state index contributed by atoms with van der Waals surface area (Å²) in [7, 11) is 0. The summed E-state index contributed by atoms with van der Waals surface area (Å²) < 4.78 is 0. The Morgan fingerprint density at radius 2 is 1.93 bits per heavy atom. The minimum Gasteiger partial charge on any atom is -0.348 e. The molecule has 152 valence electrons. The van der Waals surface area contributed by atoms with E-state index in [4.69, 9.17) is 11.6 Å². The normalized spacial score (nSPS) is 27.6. The van der Waals surface area contributed by atoms with Crippen LogP contribution in [-0.4, -0.2) is 34.8 Å². The van der Waals surface area contributed by atoms with Gasteiger partial charge in [0.15, 0.2) is 0 Å². The molecule has 1 saturated carbocycles. The Morgan fingerprint density at radius 1 is 1.29 bits per heavy atom. The second-order valence-electron chi connectivity index (χ2n) is 9.10. The molecule has 3 rings (SSSR count). The van der Waals surface area contributed by atoms with E-state index in [1.54, 1.807) is 12.1 Å². The van der Waals surface area contributed by atoms with Crippen LogP contribution in [-0.2, 0) is 9.59 Å². The zero-order chi connectivity index (χ0) is 20.7. The smallest absolute Gasteiger partial charge is 0.325 e. The minimum atomic E-state index is -0.889. The molecule has 2 aliphatic rings. The summed E-state index contributed by atoms with van der Waals surface area (Å²) >= 11 is 5.89. The van der Waals surface area contributed by atoms with Crippen molar-refractivity contribution in [2.24, 2.45) is 11.3 Å². The molecular weight excluding hydrogens is 378 g/mol. The van der Waals surface area contributed by atoms with Gasteiger partial charge >= 0.3 is 6.03 Å². The van der Waals surface area contributed by atoms with Crippen LogP contribution in [0.15, 0.2) is 24.3 Å². The molecule has 4 amide bonds. The van der Waals surface area contributed by atoms with Gasteiger partial charge in [0.05, 0.1) is 6.04 Å². The number of halogens is 1. The summed E-state index contributed by atoms with van der Waals surface area (Å²) in [5.41, 5.74) is -0.0308. The van der Waals surface area contributed by atoms with Crippen LogP contribution in [0.1, 0.15) is 58.6 Å². The van der Waals surface area contributed by atoms with Gasteiger partial charge in [-0.25, -0.2) is 4.79 Å². The first-order chi connectivity index (χ1) is 13.0. The van der Waals surface area contributed by atoms with Crippen LogP contribution in [0.3, 0.4) is 0 Å². The van der Waals surface area contributed by atoms with Gasteiger partial charge in [-0.2, -0.15) is 0 Å². The van der Waals surface area contributed by atoms with Gasteiger partial charge in [-0.15, -0.1) is 0 Å². The summed E-state index contributed by atoms with van der Waals surface area (Å²) in [4.78, 5) is 39.2. The lowest BCUT2D eigenvalue weighted by atomic mass is 9.64. The van der Waals surface area contributed by atoms with Crippen molar-refractivity contribution in [2.75, 3.05) is 6.54 Å². The zero-order valence-corrected chi connectivity index (χ0v) is 17.6. The number of imide groups is 1. The molecule has 1 heterocycles. The fraction of sp³-hybridized carbons (Fsp3) is 0.571. The number of nitrogens with zero attached hydrogens (tertiary/aromatic N) is 1. The minimum absolute atomic E-state index is 0.0397. The Hall–Kier alpha value is -2.08. The molecule has 0 bridgehead atoms. The Bertz CT molecular complexity index is 793. The Balaban J connectivity index is 1.67. The van der Waals surface area contributed by atoms with Gasteiger partial charge in [0.2, 0.25) is 5.91 Å². The predicted molar refractivity (Wildman–Crippen MR) is 108 cm³/mol. The molecule has 28 heavy (non-hydrogen) atoms. The molecule has 3 atom stereocenters. The number of hydrogen-bond acceptors (Lipinski definition) is 3. The predicted octanol–water partition coefficient (Wildman–Crippen LogP) is 3.65. The number of benzene rings is 1. The molecular formula is C21H28ClN3O3. The summed E-state index contributed by atoms with van der Waals surface area (Å²) in [6, 6.07) is 6.44. The second-order valence-corrected chi connectivity index (χ2v) is 9.54. The highest BCUT2D eigenvalue weighted by Gasteiger charge is 2.56. The highest BCUT2D eigenvalue weighted by atomic mass is 35.5. The van der Waals surface area contributed by atoms with Crippen molar-refractivity contribution in [1.29, 1.82) is 0 Å². The molecule has 2 N–H and O–H groups in total. The maximum absolute atomic E-state index is 13.1. The van der Waals surface area contributed by atoms with Gasteiger partial charge in [-0.1, -0.05) is 44.5 Å². The van der Waals surface area contributed by atoms with E-state index in [1.165, 1.54) is 0 Å². The van der Waals surface area contributed by atoms with Crippen LogP contribution in [0.4, 0.5) is 4.79 Å². The number of rotatable bonds is 4. The molecule has 1 aliphatic carbocycles. The summed E-state index contributed by atoms with van der Waals surface area (Å²) in [6.45, 7) is 7.91. The van der Waals surface area contributed by atoms with Gasteiger partial charge in [-0.3, -0.25) is 14.5 Å². The van der Waals surface area contributed by atoms with Crippen molar-refractivity contribution >= 4 is 29.4 Å². The van der Waals surface area contributed by atoms with E-state index in [-0.39, 0.29) is 29.8 Å². The van der Waals surface area contributed by atoms with Gasteiger partial charge in [0.25, 0.3) is 5.91 Å². The van der Waals surface area contributed by atoms with Crippen LogP contribution in [0.25, 0.3) is 0 Å². The molecule has 0 unspecified atom stereocenters. The van der Waals surface area contributed by atoms with E-state index in [0.717, 1.165) is 16.9 Å². The van der Waals surface area contributed by atoms with Gasteiger partial charge < -0.3 is 10.6 Å². The third-order valence-electron chi connectivity index (χ3n) is 5.67. The quantitative estimate of drug-likeness (QED) is 0.750. The molecule has 1 aromatic carbocycles. The molecule has 2 fully saturated rings. The van der Waals surface area contributed by atoms with E-state index in [0.29, 0.717) is 23.8 Å². The van der Waals surface area contributed by atoms with E-state index in [1.807, 2.05) is 19.1 Å². The van der Waals surface area contributed by atoms with E-state index < -0.39 is 11.6 Å². The number of hydrogen-bond donors (Lipinski definition) is 2. The lowest BCUT2D eigenvalue weighted by Gasteiger charge is -2.43. The maximum Gasteiger partial charge on any atom is 0.325 e. The van der Waals surface area contributed by atoms with Gasteiger partial charge in [0.1, 0.15) is 12.1 Å². The summed E-state index contributed by atoms with van der Waals surface area (Å²) in [5.74, 6) is -0.329. The summed E-state index contributed by atoms with van der Waals surface area (Å²) in [5, 5.41) is 6.36. The number of carbonyl (C=O) groups is 3. The SMILES string of the molecule is C[C@@H]1CC(C)(C)C[C@]2(C1)NC(=O)N(CC(=O)N[C@@H](C)c1ccc(Cl)cc1)C2=O. The maximum atomic E-state index is 13.1. The van der Waals surface area contributed by atoms with E-state index in [9.17, 15) is 14.4 Å². The lowest BCUT2D eigenvalue weighted by molar-refractivity contribution is -0.137. The first-order valence-electron chi connectivity index (χ1n) is 9.70. The standard InChI is InChI=1S/C21H28ClN3O3/c1-13-9-20(3,4)12-21(10-13)18(27)25(19(28)24-21)11-17(26)23-14(2)15-5-7-16(22)8-6-15/h5-8,13-14H,9-12H2,1-4H3,(H,23,26)(H,24,28)/t13-,14+,21+/m1/s1. The molecule has 0 aromatic heterocycles. The third-order valence-corrected chi connectivity index (χ3v) is 5.93. The van der Waals surface area contributed by atoms with Crippen molar-refractivity contribution in [3.8, 4) is 0 Å². The Morgan fingerprint density at radius 3 is 2.54 bits per heavy atom. The largest absolute Gasteiger partial charge is 0.348 e. The molecule has 7 heteroatoms. The molecule has 1 aliphatic heterocycles. The molecule has 1 saturated heterocycles. The first kappa shape index (κ1) is 20.6. The topological polar surface area (TPSA) is 78.5 Å². The monoisotopic (exact) mass is 405 g/mol. The highest BCUT2D eigenvalue weighted by molar-refractivity contribution is 6.30. The fourth-order valence-corrected chi connectivity index (χ4v) is 5.04. The average molecular weight is 406 g/mol. The van der Waals surface area contributed by atoms with Gasteiger partial charge in [0, 0.05) is 5.02 Å². The molecule has 0 radical (unpaired) electrons. The van der Waals surface area contributed by atoms with Crippen LogP contribution < -0.4 is 10.6 Å². The van der Waals surface area contributed by atoms with E-state index in [2.05, 4.69) is 31.4 Å². The lowest BCUT2D eigenvalue weighted by Crippen LogP contribution is -2.54. The fourth-order valence-electron chi connectivity index (χ4n) is 4.92. The first-order valence-corrected chi connectivity index (χ1v) is 10.1. The zero-order valence-electron chi connectivity index (χ0n) is 16.8. The van der Waals surface area contributed by atoms with Crippen LogP contribution in [0.5, 0.6) is 0 Å². The van der Waals surface area contributed by atoms with Crippen molar-refractivity contribution < 1.29 is 14.4 Å². The van der Waals surface area contributed by atoms with Crippen molar-refractivity contribution in [3.63, 3.8) is 0 Å². The Kier molecular flexibility index (Phi) is 5.45. The average Bonchev–Trinajstić information content (AvgIpc) is 2.77. The number of amides is 4. The van der Waals surface area contributed by atoms with Crippen LogP contribution in [0.2, 0.25) is 5.02 Å². The molecule has 6 nitrogen and oxygen atoms in total. The highest BCUT2D eigenvalue weighted by Crippen LogP contribution is 2.46. The molecule has 1 aromatic rings. The van der Waals surface area contributed by atoms with Crippen LogP contribution >= 0.6 is 11.6 Å².